The Balaban J connectivity index is 2.36. The van der Waals surface area contributed by atoms with Gasteiger partial charge in [0.05, 0.1) is 4.92 Å². The van der Waals surface area contributed by atoms with Gasteiger partial charge in [-0.1, -0.05) is 18.2 Å². The van der Waals surface area contributed by atoms with Gasteiger partial charge in [-0.15, -0.1) is 0 Å². The molecule has 1 saturated heterocycles. The second-order valence-electron chi connectivity index (χ2n) is 3.11. The first-order chi connectivity index (χ1) is 6.29. The van der Waals surface area contributed by atoms with Crippen molar-refractivity contribution < 1.29 is 4.92 Å². The van der Waals surface area contributed by atoms with E-state index in [1.807, 2.05) is 12.1 Å². The second-order valence-corrected chi connectivity index (χ2v) is 3.11. The minimum absolute atomic E-state index is 0.182. The van der Waals surface area contributed by atoms with E-state index >= 15 is 0 Å². The minimum Gasteiger partial charge on any atom is -0.310 e. The molecule has 68 valence electrons. The van der Waals surface area contributed by atoms with Gasteiger partial charge in [-0.05, 0) is 13.0 Å². The highest BCUT2D eigenvalue weighted by atomic mass is 16.6. The average molecular weight is 178 g/mol. The molecular weight excluding hydrogens is 168 g/mol. The van der Waals surface area contributed by atoms with Gasteiger partial charge >= 0.3 is 0 Å². The fraction of sp³-hybridized carbons (Fsp3) is 0.333. The van der Waals surface area contributed by atoms with Crippen molar-refractivity contribution in [2.75, 3.05) is 6.54 Å². The largest absolute Gasteiger partial charge is 0.310 e. The predicted octanol–water partition coefficient (Wildman–Crippen LogP) is 1.63. The smallest absolute Gasteiger partial charge is 0.274 e. The highest BCUT2D eigenvalue weighted by Crippen LogP contribution is 2.30. The molecule has 0 radical (unpaired) electrons. The van der Waals surface area contributed by atoms with Crippen molar-refractivity contribution in [1.29, 1.82) is 0 Å². The highest BCUT2D eigenvalue weighted by molar-refractivity contribution is 5.42. The lowest BCUT2D eigenvalue weighted by atomic mass is 9.97. The van der Waals surface area contributed by atoms with E-state index in [1.54, 1.807) is 12.1 Å². The molecule has 0 spiro atoms. The summed E-state index contributed by atoms with van der Waals surface area (Å²) in [6.07, 6.45) is 0.991. The van der Waals surface area contributed by atoms with Crippen LogP contribution in [0.15, 0.2) is 24.3 Å². The lowest BCUT2D eigenvalue weighted by molar-refractivity contribution is -0.385. The Morgan fingerprint density at radius 1 is 1.46 bits per heavy atom. The van der Waals surface area contributed by atoms with Crippen molar-refractivity contribution in [1.82, 2.24) is 5.32 Å². The normalized spacial score (nSPS) is 20.8. The Labute approximate surface area is 75.7 Å². The number of nitro benzene ring substituents is 1. The Morgan fingerprint density at radius 3 is 2.69 bits per heavy atom. The number of hydrogen-bond donors (Lipinski definition) is 1. The Bertz CT molecular complexity index is 334. The van der Waals surface area contributed by atoms with Gasteiger partial charge in [0.15, 0.2) is 0 Å². The molecule has 0 amide bonds. The molecule has 0 aromatic heterocycles. The molecule has 1 fully saturated rings. The van der Waals surface area contributed by atoms with Gasteiger partial charge < -0.3 is 5.32 Å². The molecule has 1 N–H and O–H groups in total. The summed E-state index contributed by atoms with van der Waals surface area (Å²) in [5.41, 5.74) is 1.03. The van der Waals surface area contributed by atoms with Crippen LogP contribution in [0.25, 0.3) is 0 Å². The lowest BCUT2D eigenvalue weighted by Gasteiger charge is -2.27. The summed E-state index contributed by atoms with van der Waals surface area (Å²) in [7, 11) is 0. The molecule has 0 aliphatic carbocycles. The van der Waals surface area contributed by atoms with Crippen molar-refractivity contribution in [2.24, 2.45) is 0 Å². The molecular formula is C9H10N2O2. The topological polar surface area (TPSA) is 55.2 Å². The van der Waals surface area contributed by atoms with Crippen LogP contribution in [0.2, 0.25) is 0 Å². The first kappa shape index (κ1) is 8.19. The van der Waals surface area contributed by atoms with E-state index in [1.165, 1.54) is 0 Å². The van der Waals surface area contributed by atoms with E-state index in [2.05, 4.69) is 5.32 Å². The Hall–Kier alpha value is -1.42. The maximum Gasteiger partial charge on any atom is 0.274 e. The molecule has 0 bridgehead atoms. The van der Waals surface area contributed by atoms with Gasteiger partial charge in [0, 0.05) is 17.7 Å². The van der Waals surface area contributed by atoms with Crippen molar-refractivity contribution in [3.8, 4) is 0 Å². The van der Waals surface area contributed by atoms with Crippen LogP contribution in [-0.2, 0) is 0 Å². The molecule has 4 heteroatoms. The lowest BCUT2D eigenvalue weighted by Crippen LogP contribution is -2.35. The number of benzene rings is 1. The molecule has 4 nitrogen and oxygen atoms in total. The SMILES string of the molecule is O=[N+]([O-])c1ccccc1[C@@H]1CCN1. The number of para-hydroxylation sites is 1. The molecule has 13 heavy (non-hydrogen) atoms. The zero-order valence-corrected chi connectivity index (χ0v) is 7.06. The maximum absolute atomic E-state index is 10.6. The zero-order valence-electron chi connectivity index (χ0n) is 7.06. The summed E-state index contributed by atoms with van der Waals surface area (Å²) in [4.78, 5) is 10.3. The van der Waals surface area contributed by atoms with Crippen LogP contribution in [-0.4, -0.2) is 11.5 Å². The molecule has 1 aliphatic heterocycles. The maximum atomic E-state index is 10.6. The van der Waals surface area contributed by atoms with E-state index in [4.69, 9.17) is 0 Å². The third-order valence-electron chi connectivity index (χ3n) is 2.33. The molecule has 2 rings (SSSR count). The molecule has 1 aliphatic rings. The van der Waals surface area contributed by atoms with Gasteiger partial charge in [-0.2, -0.15) is 0 Å². The number of nitrogens with one attached hydrogen (secondary N) is 1. The first-order valence-electron chi connectivity index (χ1n) is 4.26. The first-order valence-corrected chi connectivity index (χ1v) is 4.26. The van der Waals surface area contributed by atoms with Gasteiger partial charge in [-0.25, -0.2) is 0 Å². The fourth-order valence-electron chi connectivity index (χ4n) is 1.50. The van der Waals surface area contributed by atoms with Crippen LogP contribution in [0.5, 0.6) is 0 Å². The van der Waals surface area contributed by atoms with Gasteiger partial charge in [0.25, 0.3) is 5.69 Å². The van der Waals surface area contributed by atoms with Crippen LogP contribution in [0, 0.1) is 10.1 Å². The van der Waals surface area contributed by atoms with Crippen LogP contribution in [0.4, 0.5) is 5.69 Å². The third kappa shape index (κ3) is 1.40. The summed E-state index contributed by atoms with van der Waals surface area (Å²) in [6, 6.07) is 7.08. The fourth-order valence-corrected chi connectivity index (χ4v) is 1.50. The quantitative estimate of drug-likeness (QED) is 0.553. The number of hydrogen-bond acceptors (Lipinski definition) is 3. The van der Waals surface area contributed by atoms with E-state index in [9.17, 15) is 10.1 Å². The predicted molar refractivity (Wildman–Crippen MR) is 48.5 cm³/mol. The summed E-state index contributed by atoms with van der Waals surface area (Å²) >= 11 is 0. The molecule has 0 saturated carbocycles. The second kappa shape index (κ2) is 3.14. The van der Waals surface area contributed by atoms with Gasteiger partial charge in [0.1, 0.15) is 0 Å². The summed E-state index contributed by atoms with van der Waals surface area (Å²) in [5, 5.41) is 13.8. The highest BCUT2D eigenvalue weighted by Gasteiger charge is 2.25. The summed E-state index contributed by atoms with van der Waals surface area (Å²) in [6.45, 7) is 0.955. The zero-order chi connectivity index (χ0) is 9.26. The van der Waals surface area contributed by atoms with Crippen LogP contribution < -0.4 is 5.32 Å². The van der Waals surface area contributed by atoms with Crippen molar-refractivity contribution >= 4 is 5.69 Å². The average Bonchev–Trinajstić information content (AvgIpc) is 2.02. The molecule has 1 heterocycles. The number of nitrogens with zero attached hydrogens (tertiary/aromatic N) is 1. The monoisotopic (exact) mass is 178 g/mol. The molecule has 0 unspecified atom stereocenters. The number of nitro groups is 1. The number of rotatable bonds is 2. The van der Waals surface area contributed by atoms with Crippen molar-refractivity contribution in [2.45, 2.75) is 12.5 Å². The molecule has 1 aromatic rings. The molecule has 1 atom stereocenters. The van der Waals surface area contributed by atoms with E-state index in [-0.39, 0.29) is 16.7 Å². The standard InChI is InChI=1S/C9H10N2O2/c12-11(13)9-4-2-1-3-7(9)8-5-6-10-8/h1-4,8,10H,5-6H2/t8-/m0/s1. The van der Waals surface area contributed by atoms with Crippen molar-refractivity contribution in [3.05, 3.63) is 39.9 Å². The third-order valence-corrected chi connectivity index (χ3v) is 2.33. The van der Waals surface area contributed by atoms with Crippen LogP contribution >= 0.6 is 0 Å². The van der Waals surface area contributed by atoms with E-state index < -0.39 is 0 Å². The van der Waals surface area contributed by atoms with Gasteiger partial charge in [0.2, 0.25) is 0 Å². The van der Waals surface area contributed by atoms with Crippen LogP contribution in [0.3, 0.4) is 0 Å². The minimum atomic E-state index is -0.324. The molecule has 1 aromatic carbocycles. The van der Waals surface area contributed by atoms with Gasteiger partial charge in [-0.3, -0.25) is 10.1 Å². The summed E-state index contributed by atoms with van der Waals surface area (Å²) < 4.78 is 0. The van der Waals surface area contributed by atoms with Crippen LogP contribution in [0.1, 0.15) is 18.0 Å². The van der Waals surface area contributed by atoms with E-state index in [0.717, 1.165) is 18.5 Å². The summed E-state index contributed by atoms with van der Waals surface area (Å²) in [5.74, 6) is 0. The van der Waals surface area contributed by atoms with E-state index in [0.29, 0.717) is 0 Å². The Kier molecular flexibility index (Phi) is 1.98. The Morgan fingerprint density at radius 2 is 2.15 bits per heavy atom. The van der Waals surface area contributed by atoms with Crippen molar-refractivity contribution in [3.63, 3.8) is 0 Å².